The fraction of sp³-hybridized carbons (Fsp3) is 0.200. The number of carbonyl (C=O) groups excluding carboxylic acids is 1. The predicted octanol–water partition coefficient (Wildman–Crippen LogP) is 1.57. The molecule has 2 heterocycles. The number of amides is 1. The van der Waals surface area contributed by atoms with Crippen LogP contribution in [0.2, 0.25) is 0 Å². The molecule has 3 aromatic rings. The Labute approximate surface area is 131 Å². The average Bonchev–Trinajstić information content (AvgIpc) is 2.99. The molecule has 118 valence electrons. The molecule has 0 aliphatic carbocycles. The van der Waals surface area contributed by atoms with Crippen LogP contribution in [-0.2, 0) is 17.9 Å². The van der Waals surface area contributed by atoms with Crippen LogP contribution in [0.4, 0.5) is 10.6 Å². The number of anilines is 1. The summed E-state index contributed by atoms with van der Waals surface area (Å²) in [6.07, 6.45) is 2.24. The van der Waals surface area contributed by atoms with Crippen LogP contribution in [0.3, 0.4) is 0 Å². The number of aliphatic hydroxyl groups is 1. The molecule has 0 aliphatic rings. The van der Waals surface area contributed by atoms with Gasteiger partial charge in [0, 0.05) is 6.54 Å². The fourth-order valence-electron chi connectivity index (χ4n) is 2.10. The minimum atomic E-state index is -0.620. The molecule has 0 unspecified atom stereocenters. The first-order valence-corrected chi connectivity index (χ1v) is 7.02. The molecule has 0 saturated heterocycles. The van der Waals surface area contributed by atoms with E-state index in [0.29, 0.717) is 17.7 Å². The zero-order valence-corrected chi connectivity index (χ0v) is 12.2. The summed E-state index contributed by atoms with van der Waals surface area (Å²) in [7, 11) is 0. The molecule has 23 heavy (non-hydrogen) atoms. The Morgan fingerprint density at radius 2 is 2.04 bits per heavy atom. The zero-order valence-electron chi connectivity index (χ0n) is 12.2. The molecule has 1 aromatic carbocycles. The third kappa shape index (κ3) is 3.43. The first-order chi connectivity index (χ1) is 11.3. The van der Waals surface area contributed by atoms with Crippen molar-refractivity contribution < 1.29 is 14.6 Å². The van der Waals surface area contributed by atoms with Crippen molar-refractivity contribution in [3.63, 3.8) is 0 Å². The summed E-state index contributed by atoms with van der Waals surface area (Å²) in [6, 6.07) is 9.38. The molecule has 0 bridgehead atoms. The second kappa shape index (κ2) is 6.84. The van der Waals surface area contributed by atoms with Gasteiger partial charge in [0.15, 0.2) is 17.0 Å². The second-order valence-electron chi connectivity index (χ2n) is 4.74. The largest absolute Gasteiger partial charge is 0.444 e. The maximum atomic E-state index is 11.9. The van der Waals surface area contributed by atoms with E-state index < -0.39 is 6.09 Å². The van der Waals surface area contributed by atoms with Crippen LogP contribution in [0, 0.1) is 0 Å². The number of carbonyl (C=O) groups is 1. The number of hydrogen-bond donors (Lipinski definition) is 2. The summed E-state index contributed by atoms with van der Waals surface area (Å²) in [5, 5.41) is 11.6. The zero-order chi connectivity index (χ0) is 16.1. The second-order valence-corrected chi connectivity index (χ2v) is 4.74. The lowest BCUT2D eigenvalue weighted by atomic mass is 10.2. The van der Waals surface area contributed by atoms with E-state index in [0.717, 1.165) is 5.56 Å². The Morgan fingerprint density at radius 3 is 2.83 bits per heavy atom. The van der Waals surface area contributed by atoms with Crippen LogP contribution in [0.1, 0.15) is 5.56 Å². The highest BCUT2D eigenvalue weighted by molar-refractivity contribution is 5.93. The van der Waals surface area contributed by atoms with Crippen molar-refractivity contribution >= 4 is 23.1 Å². The number of hydrogen-bond acceptors (Lipinski definition) is 6. The average molecular weight is 313 g/mol. The maximum Gasteiger partial charge on any atom is 0.413 e. The van der Waals surface area contributed by atoms with Crippen LogP contribution < -0.4 is 5.32 Å². The van der Waals surface area contributed by atoms with Gasteiger partial charge in [0.05, 0.1) is 12.9 Å². The number of rotatable bonds is 5. The quantitative estimate of drug-likeness (QED) is 0.741. The summed E-state index contributed by atoms with van der Waals surface area (Å²) in [5.74, 6) is 0.268. The first kappa shape index (κ1) is 14.9. The number of aliphatic hydroxyl groups excluding tert-OH is 1. The molecular weight excluding hydrogens is 298 g/mol. The van der Waals surface area contributed by atoms with E-state index in [4.69, 9.17) is 9.84 Å². The van der Waals surface area contributed by atoms with Gasteiger partial charge < -0.3 is 14.4 Å². The van der Waals surface area contributed by atoms with Gasteiger partial charge in [-0.15, -0.1) is 0 Å². The van der Waals surface area contributed by atoms with E-state index >= 15 is 0 Å². The van der Waals surface area contributed by atoms with E-state index in [9.17, 15) is 4.79 Å². The maximum absolute atomic E-state index is 11.9. The smallest absolute Gasteiger partial charge is 0.413 e. The van der Waals surface area contributed by atoms with Gasteiger partial charge in [0.1, 0.15) is 12.9 Å². The minimum Gasteiger partial charge on any atom is -0.444 e. The van der Waals surface area contributed by atoms with Crippen molar-refractivity contribution in [3.05, 3.63) is 48.5 Å². The Balaban J connectivity index is 1.70. The van der Waals surface area contributed by atoms with Crippen molar-refractivity contribution in [3.8, 4) is 0 Å². The Morgan fingerprint density at radius 1 is 1.22 bits per heavy atom. The van der Waals surface area contributed by atoms with Gasteiger partial charge in [-0.3, -0.25) is 5.32 Å². The lowest BCUT2D eigenvalue weighted by Gasteiger charge is -2.07. The Bertz CT molecular complexity index is 803. The predicted molar refractivity (Wildman–Crippen MR) is 82.7 cm³/mol. The van der Waals surface area contributed by atoms with Crippen LogP contribution >= 0.6 is 0 Å². The lowest BCUT2D eigenvalue weighted by molar-refractivity contribution is 0.155. The van der Waals surface area contributed by atoms with Gasteiger partial charge >= 0.3 is 6.09 Å². The van der Waals surface area contributed by atoms with Crippen LogP contribution in [0.5, 0.6) is 0 Å². The van der Waals surface area contributed by atoms with E-state index in [-0.39, 0.29) is 19.0 Å². The first-order valence-electron chi connectivity index (χ1n) is 7.02. The summed E-state index contributed by atoms with van der Waals surface area (Å²) < 4.78 is 6.83. The van der Waals surface area contributed by atoms with E-state index in [1.807, 2.05) is 30.3 Å². The van der Waals surface area contributed by atoms with Crippen molar-refractivity contribution in [2.75, 3.05) is 11.9 Å². The lowest BCUT2D eigenvalue weighted by Crippen LogP contribution is -2.15. The highest BCUT2D eigenvalue weighted by Crippen LogP contribution is 2.17. The molecule has 2 N–H and O–H groups in total. The van der Waals surface area contributed by atoms with Gasteiger partial charge in [-0.2, -0.15) is 0 Å². The van der Waals surface area contributed by atoms with Gasteiger partial charge in [-0.05, 0) is 5.56 Å². The number of nitrogens with one attached hydrogen (secondary N) is 1. The number of fused-ring (bicyclic) bond motifs is 1. The molecule has 2 aromatic heterocycles. The van der Waals surface area contributed by atoms with Gasteiger partial charge in [-0.25, -0.2) is 19.7 Å². The van der Waals surface area contributed by atoms with Crippen molar-refractivity contribution in [1.29, 1.82) is 0 Å². The summed E-state index contributed by atoms with van der Waals surface area (Å²) in [4.78, 5) is 24.2. The molecule has 8 heteroatoms. The molecule has 0 fully saturated rings. The van der Waals surface area contributed by atoms with Crippen molar-refractivity contribution in [1.82, 2.24) is 19.5 Å². The van der Waals surface area contributed by atoms with Crippen LogP contribution in [-0.4, -0.2) is 37.3 Å². The van der Waals surface area contributed by atoms with Crippen LogP contribution in [0.25, 0.3) is 11.2 Å². The molecule has 0 spiro atoms. The van der Waals surface area contributed by atoms with E-state index in [1.54, 1.807) is 4.57 Å². The third-order valence-electron chi connectivity index (χ3n) is 3.18. The number of ether oxygens (including phenoxy) is 1. The molecule has 1 amide bonds. The normalized spacial score (nSPS) is 10.7. The van der Waals surface area contributed by atoms with Crippen LogP contribution in [0.15, 0.2) is 43.0 Å². The standard InChI is InChI=1S/C15H15N5O3/c21-7-6-20-10-18-12-13(16-9-17-14(12)20)19-15(22)23-8-11-4-2-1-3-5-11/h1-5,9-10,21H,6-8H2,(H,16,17,19,22). The Kier molecular flexibility index (Phi) is 4.44. The number of aromatic nitrogens is 4. The number of benzene rings is 1. The minimum absolute atomic E-state index is 0.0304. The van der Waals surface area contributed by atoms with Gasteiger partial charge in [0.2, 0.25) is 0 Å². The molecule has 3 rings (SSSR count). The molecule has 0 radical (unpaired) electrons. The molecule has 0 saturated carbocycles. The number of imidazole rings is 1. The highest BCUT2D eigenvalue weighted by atomic mass is 16.5. The Hall–Kier alpha value is -3.00. The van der Waals surface area contributed by atoms with E-state index in [2.05, 4.69) is 20.3 Å². The number of nitrogens with zero attached hydrogens (tertiary/aromatic N) is 4. The summed E-state index contributed by atoms with van der Waals surface area (Å²) in [5.41, 5.74) is 1.87. The molecular formula is C15H15N5O3. The van der Waals surface area contributed by atoms with E-state index in [1.165, 1.54) is 12.7 Å². The molecule has 0 aliphatic heterocycles. The SMILES string of the molecule is O=C(Nc1ncnc2c1ncn2CCO)OCc1ccccc1. The highest BCUT2D eigenvalue weighted by Gasteiger charge is 2.13. The third-order valence-corrected chi connectivity index (χ3v) is 3.18. The van der Waals surface area contributed by atoms with Gasteiger partial charge in [-0.1, -0.05) is 30.3 Å². The summed E-state index contributed by atoms with van der Waals surface area (Å²) in [6.45, 7) is 0.503. The monoisotopic (exact) mass is 313 g/mol. The molecule has 0 atom stereocenters. The summed E-state index contributed by atoms with van der Waals surface area (Å²) >= 11 is 0. The fourth-order valence-corrected chi connectivity index (χ4v) is 2.10. The topological polar surface area (TPSA) is 102 Å². The van der Waals surface area contributed by atoms with Gasteiger partial charge in [0.25, 0.3) is 0 Å². The molecule has 8 nitrogen and oxygen atoms in total. The van der Waals surface area contributed by atoms with Crippen molar-refractivity contribution in [2.45, 2.75) is 13.2 Å². The van der Waals surface area contributed by atoms with Crippen molar-refractivity contribution in [2.24, 2.45) is 0 Å².